The van der Waals surface area contributed by atoms with Crippen molar-refractivity contribution in [3.63, 3.8) is 0 Å². The second-order valence-corrected chi connectivity index (χ2v) is 3.98. The minimum atomic E-state index is -0.187. The molecule has 0 saturated carbocycles. The molecular weight excluding hydrogens is 254 g/mol. The topological polar surface area (TPSA) is 0 Å². The van der Waals surface area contributed by atoms with E-state index in [1.54, 1.807) is 12.1 Å². The summed E-state index contributed by atoms with van der Waals surface area (Å²) < 4.78 is 13.6. The molecule has 2 heteroatoms. The minimum absolute atomic E-state index is 0.187. The van der Waals surface area contributed by atoms with E-state index < -0.39 is 0 Å². The highest BCUT2D eigenvalue weighted by Crippen LogP contribution is 2.11. The Morgan fingerprint density at radius 2 is 1.91 bits per heavy atom. The summed E-state index contributed by atoms with van der Waals surface area (Å²) in [6, 6.07) is 6.45. The van der Waals surface area contributed by atoms with Crippen molar-refractivity contribution >= 4 is 28.7 Å². The molecule has 1 rings (SSSR count). The van der Waals surface area contributed by atoms with E-state index in [4.69, 9.17) is 0 Å². The van der Waals surface area contributed by atoms with E-state index in [1.807, 2.05) is 13.0 Å². The van der Waals surface area contributed by atoms with Crippen molar-refractivity contribution in [2.24, 2.45) is 0 Å². The van der Waals surface area contributed by atoms with Crippen LogP contribution in [0.3, 0.4) is 0 Å². The van der Waals surface area contributed by atoms with Gasteiger partial charge in [-0.05, 0) is 56.9 Å². The van der Waals surface area contributed by atoms with Crippen molar-refractivity contribution in [2.45, 2.75) is 6.92 Å². The fourth-order valence-corrected chi connectivity index (χ4v) is 1.15. The maximum absolute atomic E-state index is 12.4. The average molecular weight is 262 g/mol. The van der Waals surface area contributed by atoms with Crippen LogP contribution in [0.25, 0.3) is 6.08 Å². The molecule has 1 aromatic carbocycles. The van der Waals surface area contributed by atoms with Crippen LogP contribution in [0.5, 0.6) is 0 Å². The monoisotopic (exact) mass is 262 g/mol. The van der Waals surface area contributed by atoms with Gasteiger partial charge in [0.2, 0.25) is 0 Å². The van der Waals surface area contributed by atoms with Crippen LogP contribution in [0.4, 0.5) is 4.39 Å². The summed E-state index contributed by atoms with van der Waals surface area (Å²) in [5.41, 5.74) is 1.04. The van der Waals surface area contributed by atoms with Crippen LogP contribution in [0.15, 0.2) is 27.8 Å². The molecule has 0 heterocycles. The zero-order valence-corrected chi connectivity index (χ0v) is 8.30. The molecule has 0 bridgehead atoms. The van der Waals surface area contributed by atoms with Crippen LogP contribution in [0.1, 0.15) is 12.5 Å². The summed E-state index contributed by atoms with van der Waals surface area (Å²) in [5, 5.41) is 0. The maximum Gasteiger partial charge on any atom is 0.123 e. The largest absolute Gasteiger partial charge is 0.207 e. The molecule has 0 spiro atoms. The van der Waals surface area contributed by atoms with Crippen LogP contribution in [0.2, 0.25) is 0 Å². The molecule has 0 unspecified atom stereocenters. The van der Waals surface area contributed by atoms with Crippen molar-refractivity contribution in [3.8, 4) is 0 Å². The zero-order valence-electron chi connectivity index (χ0n) is 6.14. The highest BCUT2D eigenvalue weighted by atomic mass is 127. The van der Waals surface area contributed by atoms with Crippen LogP contribution >= 0.6 is 22.6 Å². The van der Waals surface area contributed by atoms with Gasteiger partial charge in [0.1, 0.15) is 5.82 Å². The second kappa shape index (κ2) is 3.85. The predicted octanol–water partition coefficient (Wildman–Crippen LogP) is 3.62. The Morgan fingerprint density at radius 3 is 2.36 bits per heavy atom. The molecule has 0 aromatic heterocycles. The number of benzene rings is 1. The summed E-state index contributed by atoms with van der Waals surface area (Å²) >= 11 is 2.22. The van der Waals surface area contributed by atoms with Gasteiger partial charge in [0, 0.05) is 0 Å². The van der Waals surface area contributed by atoms with Gasteiger partial charge >= 0.3 is 0 Å². The smallest absolute Gasteiger partial charge is 0.123 e. The average Bonchev–Trinajstić information content (AvgIpc) is 1.93. The molecule has 0 amide bonds. The Balaban J connectivity index is 2.91. The van der Waals surface area contributed by atoms with Crippen LogP contribution in [-0.2, 0) is 0 Å². The number of rotatable bonds is 1. The first-order chi connectivity index (χ1) is 5.18. The van der Waals surface area contributed by atoms with Crippen molar-refractivity contribution in [2.75, 3.05) is 0 Å². The summed E-state index contributed by atoms with van der Waals surface area (Å²) in [5.74, 6) is -0.187. The fourth-order valence-electron chi connectivity index (χ4n) is 0.789. The molecule has 11 heavy (non-hydrogen) atoms. The van der Waals surface area contributed by atoms with Gasteiger partial charge in [0.15, 0.2) is 0 Å². The Morgan fingerprint density at radius 1 is 1.36 bits per heavy atom. The predicted molar refractivity (Wildman–Crippen MR) is 54.1 cm³/mol. The first-order valence-electron chi connectivity index (χ1n) is 3.28. The fraction of sp³-hybridized carbons (Fsp3) is 0.111. The summed E-state index contributed by atoms with van der Waals surface area (Å²) in [6.45, 7) is 2.00. The van der Waals surface area contributed by atoms with E-state index in [9.17, 15) is 4.39 Å². The third-order valence-corrected chi connectivity index (χ3v) is 1.55. The first kappa shape index (κ1) is 8.71. The maximum atomic E-state index is 12.4. The van der Waals surface area contributed by atoms with E-state index in [0.29, 0.717) is 0 Å². The quantitative estimate of drug-likeness (QED) is 0.678. The number of hydrogen-bond donors (Lipinski definition) is 0. The van der Waals surface area contributed by atoms with Gasteiger partial charge in [-0.3, -0.25) is 0 Å². The molecule has 0 aliphatic heterocycles. The van der Waals surface area contributed by atoms with E-state index in [0.717, 1.165) is 5.56 Å². The third-order valence-electron chi connectivity index (χ3n) is 1.24. The lowest BCUT2D eigenvalue weighted by Gasteiger charge is -1.92. The van der Waals surface area contributed by atoms with Gasteiger partial charge in [-0.1, -0.05) is 12.1 Å². The lowest BCUT2D eigenvalue weighted by molar-refractivity contribution is 0.628. The normalized spacial score (nSPS) is 11.7. The second-order valence-electron chi connectivity index (χ2n) is 2.28. The molecule has 0 N–H and O–H groups in total. The summed E-state index contributed by atoms with van der Waals surface area (Å²) in [6.07, 6.45) is 2.00. The molecular formula is C9H8FI. The molecule has 58 valence electrons. The Hall–Kier alpha value is -0.380. The van der Waals surface area contributed by atoms with Crippen molar-refractivity contribution in [1.82, 2.24) is 0 Å². The van der Waals surface area contributed by atoms with E-state index in [2.05, 4.69) is 22.6 Å². The van der Waals surface area contributed by atoms with Gasteiger partial charge in [-0.15, -0.1) is 0 Å². The Kier molecular flexibility index (Phi) is 3.05. The van der Waals surface area contributed by atoms with Crippen LogP contribution < -0.4 is 0 Å². The SMILES string of the molecule is C/C(I)=C/c1ccc(F)cc1. The van der Waals surface area contributed by atoms with E-state index in [1.165, 1.54) is 15.7 Å². The molecule has 0 nitrogen and oxygen atoms in total. The molecule has 0 atom stereocenters. The molecule has 0 saturated heterocycles. The third kappa shape index (κ3) is 3.01. The van der Waals surface area contributed by atoms with Crippen molar-refractivity contribution < 1.29 is 4.39 Å². The van der Waals surface area contributed by atoms with Gasteiger partial charge in [-0.25, -0.2) is 4.39 Å². The highest BCUT2D eigenvalue weighted by molar-refractivity contribution is 14.1. The Labute approximate surface area is 79.3 Å². The molecule has 0 radical (unpaired) electrons. The van der Waals surface area contributed by atoms with Gasteiger partial charge in [-0.2, -0.15) is 0 Å². The van der Waals surface area contributed by atoms with E-state index >= 15 is 0 Å². The molecule has 0 fully saturated rings. The van der Waals surface area contributed by atoms with Crippen LogP contribution in [0, 0.1) is 5.82 Å². The number of halogens is 2. The zero-order chi connectivity index (χ0) is 8.27. The standard InChI is InChI=1S/C9H8FI/c1-7(11)6-8-2-4-9(10)5-3-8/h2-6H,1H3/b7-6-. The van der Waals surface area contributed by atoms with E-state index in [-0.39, 0.29) is 5.82 Å². The van der Waals surface area contributed by atoms with Gasteiger partial charge in [0.25, 0.3) is 0 Å². The molecule has 1 aromatic rings. The van der Waals surface area contributed by atoms with Crippen molar-refractivity contribution in [3.05, 3.63) is 39.2 Å². The van der Waals surface area contributed by atoms with Crippen LogP contribution in [-0.4, -0.2) is 0 Å². The van der Waals surface area contributed by atoms with Crippen molar-refractivity contribution in [1.29, 1.82) is 0 Å². The number of hydrogen-bond acceptors (Lipinski definition) is 0. The summed E-state index contributed by atoms with van der Waals surface area (Å²) in [4.78, 5) is 0. The number of allylic oxidation sites excluding steroid dienone is 1. The highest BCUT2D eigenvalue weighted by Gasteiger charge is 1.89. The lowest BCUT2D eigenvalue weighted by Crippen LogP contribution is -1.74. The Bertz CT molecular complexity index is 257. The molecule has 0 aliphatic rings. The lowest BCUT2D eigenvalue weighted by atomic mass is 10.2. The van der Waals surface area contributed by atoms with Gasteiger partial charge in [0.05, 0.1) is 0 Å². The summed E-state index contributed by atoms with van der Waals surface area (Å²) in [7, 11) is 0. The minimum Gasteiger partial charge on any atom is -0.207 e. The van der Waals surface area contributed by atoms with Gasteiger partial charge < -0.3 is 0 Å². The first-order valence-corrected chi connectivity index (χ1v) is 4.36. The molecule has 0 aliphatic carbocycles.